The van der Waals surface area contributed by atoms with E-state index in [0.29, 0.717) is 42.1 Å². The van der Waals surface area contributed by atoms with Gasteiger partial charge in [-0.05, 0) is 56.3 Å². The third-order valence-electron chi connectivity index (χ3n) is 6.60. The van der Waals surface area contributed by atoms with Gasteiger partial charge in [-0.15, -0.1) is 0 Å². The summed E-state index contributed by atoms with van der Waals surface area (Å²) in [7, 11) is 2.09. The number of piperazine rings is 1. The normalized spacial score (nSPS) is 21.1. The molecule has 1 N–H and O–H groups in total. The first-order chi connectivity index (χ1) is 14.8. The summed E-state index contributed by atoms with van der Waals surface area (Å²) in [6, 6.07) is 8.91. The minimum Gasteiger partial charge on any atom is -0.477 e. The van der Waals surface area contributed by atoms with Crippen molar-refractivity contribution in [1.29, 1.82) is 0 Å². The van der Waals surface area contributed by atoms with Crippen molar-refractivity contribution in [3.05, 3.63) is 70.0 Å². The maximum atomic E-state index is 15.2. The Kier molecular flexibility index (Phi) is 4.55. The molecule has 2 saturated heterocycles. The number of benzene rings is 2. The van der Waals surface area contributed by atoms with E-state index in [0.717, 1.165) is 18.9 Å². The van der Waals surface area contributed by atoms with Crippen LogP contribution in [0.2, 0.25) is 0 Å². The minimum absolute atomic E-state index is 0.0254. The molecule has 2 unspecified atom stereocenters. The summed E-state index contributed by atoms with van der Waals surface area (Å²) in [6.45, 7) is 1.37. The van der Waals surface area contributed by atoms with Crippen LogP contribution in [0.15, 0.2) is 47.4 Å². The number of carbonyl (C=O) groups is 1. The summed E-state index contributed by atoms with van der Waals surface area (Å²) < 4.78 is 30.1. The van der Waals surface area contributed by atoms with Crippen molar-refractivity contribution >= 4 is 22.6 Å². The third-order valence-corrected chi connectivity index (χ3v) is 6.60. The fourth-order valence-corrected chi connectivity index (χ4v) is 4.85. The van der Waals surface area contributed by atoms with Gasteiger partial charge in [0.1, 0.15) is 17.2 Å². The average molecular weight is 425 g/mol. The smallest absolute Gasteiger partial charge is 0.341 e. The van der Waals surface area contributed by atoms with Gasteiger partial charge in [0, 0.05) is 42.4 Å². The monoisotopic (exact) mass is 425 g/mol. The number of aromatic carboxylic acids is 1. The molecule has 5 rings (SSSR count). The van der Waals surface area contributed by atoms with Gasteiger partial charge in [0.05, 0.1) is 11.2 Å². The van der Waals surface area contributed by atoms with E-state index in [2.05, 4.69) is 11.9 Å². The van der Waals surface area contributed by atoms with Crippen molar-refractivity contribution in [1.82, 2.24) is 9.47 Å². The van der Waals surface area contributed by atoms with E-state index in [1.54, 1.807) is 6.07 Å². The third kappa shape index (κ3) is 3.18. The van der Waals surface area contributed by atoms with Crippen LogP contribution in [0.25, 0.3) is 16.6 Å². The van der Waals surface area contributed by atoms with E-state index in [1.807, 2.05) is 4.90 Å². The second-order valence-corrected chi connectivity index (χ2v) is 8.30. The first kappa shape index (κ1) is 19.7. The van der Waals surface area contributed by atoms with Crippen LogP contribution >= 0.6 is 0 Å². The average Bonchev–Trinajstić information content (AvgIpc) is 2.95. The summed E-state index contributed by atoms with van der Waals surface area (Å²) in [6.07, 6.45) is 3.35. The van der Waals surface area contributed by atoms with Crippen LogP contribution < -0.4 is 10.3 Å². The van der Waals surface area contributed by atoms with E-state index in [9.17, 15) is 19.1 Å². The fourth-order valence-electron chi connectivity index (χ4n) is 4.85. The molecule has 2 fully saturated rings. The zero-order chi connectivity index (χ0) is 21.9. The van der Waals surface area contributed by atoms with Gasteiger partial charge in [-0.1, -0.05) is 0 Å². The Bertz CT molecular complexity index is 1240. The molecular formula is C23H21F2N3O3. The predicted octanol–water partition coefficient (Wildman–Crippen LogP) is 3.25. The van der Waals surface area contributed by atoms with Crippen molar-refractivity contribution in [3.8, 4) is 5.69 Å². The number of likely N-dealkylation sites (N-methyl/N-ethyl adjacent to an activating group) is 1. The molecule has 3 heterocycles. The number of rotatable bonds is 3. The second-order valence-electron chi connectivity index (χ2n) is 8.30. The molecule has 31 heavy (non-hydrogen) atoms. The molecule has 8 heteroatoms. The zero-order valence-corrected chi connectivity index (χ0v) is 16.9. The molecule has 0 spiro atoms. The van der Waals surface area contributed by atoms with Crippen LogP contribution in [0.4, 0.5) is 14.5 Å². The number of fused-ring (bicyclic) bond motifs is 3. The van der Waals surface area contributed by atoms with E-state index >= 15 is 4.39 Å². The molecule has 2 aromatic carbocycles. The largest absolute Gasteiger partial charge is 0.477 e. The summed E-state index contributed by atoms with van der Waals surface area (Å²) in [5.41, 5.74) is 0.0244. The summed E-state index contributed by atoms with van der Waals surface area (Å²) in [5, 5.41) is 9.45. The lowest BCUT2D eigenvalue weighted by molar-refractivity contribution is 0.0695. The number of pyridine rings is 1. The molecule has 1 aromatic heterocycles. The van der Waals surface area contributed by atoms with Crippen molar-refractivity contribution in [2.45, 2.75) is 24.9 Å². The summed E-state index contributed by atoms with van der Waals surface area (Å²) in [5.74, 6) is -2.39. The van der Waals surface area contributed by atoms with Gasteiger partial charge in [-0.2, -0.15) is 0 Å². The first-order valence-electron chi connectivity index (χ1n) is 10.2. The molecule has 6 nitrogen and oxygen atoms in total. The maximum absolute atomic E-state index is 15.2. The van der Waals surface area contributed by atoms with Gasteiger partial charge >= 0.3 is 5.97 Å². The first-order valence-corrected chi connectivity index (χ1v) is 10.2. The highest BCUT2D eigenvalue weighted by Gasteiger charge is 2.38. The van der Waals surface area contributed by atoms with Crippen LogP contribution in [0, 0.1) is 11.6 Å². The lowest BCUT2D eigenvalue weighted by Gasteiger charge is -2.40. The standard InChI is InChI=1S/C23H21F2N3O3/c1-26-15-6-7-16(26)11-27(10-15)21-9-20-17(8-19(21)25)22(29)18(23(30)31)12-28(20)14-4-2-13(24)3-5-14/h2-5,8-9,12,15-16H,6-7,10-11H2,1H3,(H,30,31). The number of nitrogens with zero attached hydrogens (tertiary/aromatic N) is 3. The van der Waals surface area contributed by atoms with Crippen molar-refractivity contribution in [3.63, 3.8) is 0 Å². The second kappa shape index (κ2) is 7.16. The van der Waals surface area contributed by atoms with Crippen LogP contribution in [0.3, 0.4) is 0 Å². The molecule has 3 aromatic rings. The van der Waals surface area contributed by atoms with Crippen molar-refractivity contribution < 1.29 is 18.7 Å². The molecular weight excluding hydrogens is 404 g/mol. The van der Waals surface area contributed by atoms with E-state index in [-0.39, 0.29) is 5.39 Å². The summed E-state index contributed by atoms with van der Waals surface area (Å²) >= 11 is 0. The van der Waals surface area contributed by atoms with Crippen LogP contribution in [-0.4, -0.2) is 52.8 Å². The van der Waals surface area contributed by atoms with Crippen LogP contribution in [-0.2, 0) is 0 Å². The highest BCUT2D eigenvalue weighted by atomic mass is 19.1. The van der Waals surface area contributed by atoms with Gasteiger partial charge in [0.25, 0.3) is 0 Å². The molecule has 0 saturated carbocycles. The highest BCUT2D eigenvalue weighted by molar-refractivity contribution is 5.94. The van der Waals surface area contributed by atoms with Crippen LogP contribution in [0.5, 0.6) is 0 Å². The van der Waals surface area contributed by atoms with Crippen molar-refractivity contribution in [2.75, 3.05) is 25.0 Å². The molecule has 0 aliphatic carbocycles. The van der Waals surface area contributed by atoms with E-state index < -0.39 is 28.6 Å². The van der Waals surface area contributed by atoms with Gasteiger partial charge in [0.15, 0.2) is 0 Å². The Morgan fingerprint density at radius 1 is 1.06 bits per heavy atom. The number of hydrogen-bond acceptors (Lipinski definition) is 4. The number of anilines is 1. The zero-order valence-electron chi connectivity index (χ0n) is 16.9. The maximum Gasteiger partial charge on any atom is 0.341 e. The van der Waals surface area contributed by atoms with Gasteiger partial charge in [-0.3, -0.25) is 9.69 Å². The number of carboxylic acid groups (broad SMARTS) is 1. The molecule has 2 atom stereocenters. The Morgan fingerprint density at radius 2 is 1.71 bits per heavy atom. The highest BCUT2D eigenvalue weighted by Crippen LogP contribution is 2.34. The summed E-state index contributed by atoms with van der Waals surface area (Å²) in [4.78, 5) is 28.7. The number of carboxylic acids is 1. The van der Waals surface area contributed by atoms with Gasteiger partial charge in [-0.25, -0.2) is 13.6 Å². The predicted molar refractivity (Wildman–Crippen MR) is 113 cm³/mol. The number of halogens is 2. The van der Waals surface area contributed by atoms with E-state index in [4.69, 9.17) is 0 Å². The van der Waals surface area contributed by atoms with Gasteiger partial charge in [0.2, 0.25) is 5.43 Å². The Hall–Kier alpha value is -3.26. The molecule has 2 aliphatic rings. The lowest BCUT2D eigenvalue weighted by Crippen LogP contribution is -2.52. The molecule has 0 amide bonds. The number of hydrogen-bond donors (Lipinski definition) is 1. The molecule has 160 valence electrons. The molecule has 2 bridgehead atoms. The Balaban J connectivity index is 1.72. The molecule has 2 aliphatic heterocycles. The minimum atomic E-state index is -1.40. The number of aromatic nitrogens is 1. The quantitative estimate of drug-likeness (QED) is 0.698. The fraction of sp³-hybridized carbons (Fsp3) is 0.304. The van der Waals surface area contributed by atoms with Crippen molar-refractivity contribution in [2.24, 2.45) is 0 Å². The Labute approximate surface area is 176 Å². The topological polar surface area (TPSA) is 65.8 Å². The van der Waals surface area contributed by atoms with Crippen LogP contribution in [0.1, 0.15) is 23.2 Å². The van der Waals surface area contributed by atoms with E-state index in [1.165, 1.54) is 35.0 Å². The Morgan fingerprint density at radius 3 is 2.32 bits per heavy atom. The lowest BCUT2D eigenvalue weighted by atomic mass is 10.1. The van der Waals surface area contributed by atoms with Gasteiger partial charge < -0.3 is 14.6 Å². The SMILES string of the molecule is CN1C2CCC1CN(c1cc3c(cc1F)c(=O)c(C(=O)O)cn3-c1ccc(F)cc1)C2. The molecule has 0 radical (unpaired) electrons.